The zero-order valence-electron chi connectivity index (χ0n) is 15.9. The Labute approximate surface area is 163 Å². The molecule has 2 rings (SSSR count). The molecule has 0 aromatic heterocycles. The molecule has 0 N–H and O–H groups in total. The van der Waals surface area contributed by atoms with Gasteiger partial charge in [0, 0.05) is 12.8 Å². The van der Waals surface area contributed by atoms with Crippen LogP contribution in [0, 0.1) is 0 Å². The summed E-state index contributed by atoms with van der Waals surface area (Å²) in [4.78, 5) is 63.1. The van der Waals surface area contributed by atoms with Crippen molar-refractivity contribution in [3.63, 3.8) is 0 Å². The first kappa shape index (κ1) is 21.1. The quantitative estimate of drug-likeness (QED) is 0.468. The summed E-state index contributed by atoms with van der Waals surface area (Å²) < 4.78 is 0. The van der Waals surface area contributed by atoms with Crippen LogP contribution in [0.1, 0.15) is 49.7 Å². The van der Waals surface area contributed by atoms with Gasteiger partial charge < -0.3 is 0 Å². The Kier molecular flexibility index (Phi) is 7.27. The van der Waals surface area contributed by atoms with Gasteiger partial charge in [0.1, 0.15) is 23.4 Å². The second-order valence-electron chi connectivity index (χ2n) is 6.38. The number of rotatable bonds is 10. The second-order valence-corrected chi connectivity index (χ2v) is 6.38. The highest BCUT2D eigenvalue weighted by Gasteiger charge is 2.40. The fraction of sp³-hybridized carbons (Fsp3) is 0.261. The van der Waals surface area contributed by atoms with Gasteiger partial charge in [0.2, 0.25) is 11.6 Å². The SMILES string of the molecule is CCC(=O)C(C(=O)C(=O)C(=O)C(C(=O)CC)c1ccccc1)c1ccccc1. The average Bonchev–Trinajstić information content (AvgIpc) is 2.74. The maximum Gasteiger partial charge on any atom is 0.266 e. The minimum absolute atomic E-state index is 0.0444. The fourth-order valence-electron chi connectivity index (χ4n) is 3.05. The number of hydrogen-bond donors (Lipinski definition) is 0. The van der Waals surface area contributed by atoms with E-state index in [4.69, 9.17) is 0 Å². The zero-order chi connectivity index (χ0) is 20.7. The van der Waals surface area contributed by atoms with E-state index in [1.54, 1.807) is 74.5 Å². The molecule has 0 bridgehead atoms. The number of carbonyl (C=O) groups excluding carboxylic acids is 5. The van der Waals surface area contributed by atoms with Crippen molar-refractivity contribution < 1.29 is 24.0 Å². The lowest BCUT2D eigenvalue weighted by atomic mass is 9.82. The summed E-state index contributed by atoms with van der Waals surface area (Å²) in [6, 6.07) is 16.3. The van der Waals surface area contributed by atoms with Crippen molar-refractivity contribution in [1.82, 2.24) is 0 Å². The van der Waals surface area contributed by atoms with Crippen LogP contribution in [-0.2, 0) is 24.0 Å². The molecular weight excluding hydrogens is 356 g/mol. The molecule has 2 aromatic carbocycles. The van der Waals surface area contributed by atoms with Crippen molar-refractivity contribution >= 4 is 28.9 Å². The zero-order valence-corrected chi connectivity index (χ0v) is 15.9. The van der Waals surface area contributed by atoms with Gasteiger partial charge >= 0.3 is 0 Å². The second kappa shape index (κ2) is 9.65. The van der Waals surface area contributed by atoms with Crippen molar-refractivity contribution in [2.24, 2.45) is 0 Å². The van der Waals surface area contributed by atoms with Crippen LogP contribution in [0.2, 0.25) is 0 Å². The smallest absolute Gasteiger partial charge is 0.266 e. The lowest BCUT2D eigenvalue weighted by molar-refractivity contribution is -0.147. The van der Waals surface area contributed by atoms with Crippen molar-refractivity contribution in [1.29, 1.82) is 0 Å². The molecule has 0 spiro atoms. The molecule has 28 heavy (non-hydrogen) atoms. The Hall–Kier alpha value is -3.21. The number of ketones is 5. The van der Waals surface area contributed by atoms with Crippen LogP contribution in [0.3, 0.4) is 0 Å². The third-order valence-corrected chi connectivity index (χ3v) is 4.58. The maximum absolute atomic E-state index is 12.8. The minimum Gasteiger partial charge on any atom is -0.299 e. The molecular formula is C23H22O5. The van der Waals surface area contributed by atoms with E-state index >= 15 is 0 Å². The summed E-state index contributed by atoms with van der Waals surface area (Å²) in [6.07, 6.45) is 0.0888. The van der Waals surface area contributed by atoms with Crippen molar-refractivity contribution in [3.8, 4) is 0 Å². The molecule has 0 radical (unpaired) electrons. The van der Waals surface area contributed by atoms with E-state index in [0.29, 0.717) is 11.1 Å². The molecule has 0 saturated carbocycles. The van der Waals surface area contributed by atoms with Gasteiger partial charge in [-0.15, -0.1) is 0 Å². The van der Waals surface area contributed by atoms with Crippen LogP contribution in [0.15, 0.2) is 60.7 Å². The Morgan fingerprint density at radius 3 is 1.21 bits per heavy atom. The normalized spacial score (nSPS) is 12.6. The highest BCUT2D eigenvalue weighted by atomic mass is 16.2. The standard InChI is InChI=1S/C23H22O5/c1-3-17(24)19(15-11-7-5-8-12-15)21(26)23(28)22(27)20(18(25)4-2)16-13-9-6-10-14-16/h5-14,19-20H,3-4H2,1-2H3. The maximum atomic E-state index is 12.8. The van der Waals surface area contributed by atoms with Gasteiger partial charge in [0.05, 0.1) is 0 Å². The lowest BCUT2D eigenvalue weighted by Gasteiger charge is -2.16. The van der Waals surface area contributed by atoms with Gasteiger partial charge in [-0.25, -0.2) is 0 Å². The van der Waals surface area contributed by atoms with Crippen molar-refractivity contribution in [2.45, 2.75) is 38.5 Å². The first-order valence-electron chi connectivity index (χ1n) is 9.20. The molecule has 5 nitrogen and oxygen atoms in total. The Morgan fingerprint density at radius 1 is 0.607 bits per heavy atom. The molecule has 2 unspecified atom stereocenters. The number of Topliss-reactive ketones (excluding diaryl/α,β-unsaturated/α-hetero) is 5. The van der Waals surface area contributed by atoms with E-state index in [0.717, 1.165) is 0 Å². The monoisotopic (exact) mass is 378 g/mol. The number of benzene rings is 2. The molecule has 0 amide bonds. The van der Waals surface area contributed by atoms with Crippen LogP contribution in [0.5, 0.6) is 0 Å². The van der Waals surface area contributed by atoms with Crippen LogP contribution in [-0.4, -0.2) is 28.9 Å². The van der Waals surface area contributed by atoms with Gasteiger partial charge in [0.25, 0.3) is 5.78 Å². The molecule has 0 aliphatic heterocycles. The van der Waals surface area contributed by atoms with E-state index in [9.17, 15) is 24.0 Å². The van der Waals surface area contributed by atoms with Crippen LogP contribution in [0.25, 0.3) is 0 Å². The summed E-state index contributed by atoms with van der Waals surface area (Å²) >= 11 is 0. The third kappa shape index (κ3) is 4.55. The van der Waals surface area contributed by atoms with Gasteiger partial charge in [-0.2, -0.15) is 0 Å². The predicted molar refractivity (Wildman–Crippen MR) is 104 cm³/mol. The van der Waals surface area contributed by atoms with E-state index < -0.39 is 40.8 Å². The molecule has 5 heteroatoms. The molecule has 0 saturated heterocycles. The molecule has 0 fully saturated rings. The molecule has 0 aliphatic carbocycles. The largest absolute Gasteiger partial charge is 0.299 e. The number of carbonyl (C=O) groups is 5. The van der Waals surface area contributed by atoms with Gasteiger partial charge in [-0.05, 0) is 11.1 Å². The van der Waals surface area contributed by atoms with Crippen LogP contribution in [0.4, 0.5) is 0 Å². The molecule has 2 aromatic rings. The molecule has 2 atom stereocenters. The fourth-order valence-corrected chi connectivity index (χ4v) is 3.05. The van der Waals surface area contributed by atoms with Gasteiger partial charge in [0.15, 0.2) is 0 Å². The highest BCUT2D eigenvalue weighted by molar-refractivity contribution is 6.68. The van der Waals surface area contributed by atoms with Crippen LogP contribution >= 0.6 is 0 Å². The predicted octanol–water partition coefficient (Wildman–Crippen LogP) is 3.22. The van der Waals surface area contributed by atoms with E-state index in [1.165, 1.54) is 0 Å². The lowest BCUT2D eigenvalue weighted by Crippen LogP contribution is -2.37. The summed E-state index contributed by atoms with van der Waals surface area (Å²) in [5.41, 5.74) is 0.720. The summed E-state index contributed by atoms with van der Waals surface area (Å²) in [6.45, 7) is 3.18. The average molecular weight is 378 g/mol. The van der Waals surface area contributed by atoms with Crippen molar-refractivity contribution in [2.75, 3.05) is 0 Å². The molecule has 0 heterocycles. The Bertz CT molecular complexity index is 810. The third-order valence-electron chi connectivity index (χ3n) is 4.58. The number of hydrogen-bond acceptors (Lipinski definition) is 5. The van der Waals surface area contributed by atoms with Gasteiger partial charge in [-0.1, -0.05) is 74.5 Å². The summed E-state index contributed by atoms with van der Waals surface area (Å²) in [5, 5.41) is 0. The Balaban J connectivity index is 2.40. The molecule has 144 valence electrons. The van der Waals surface area contributed by atoms with E-state index in [2.05, 4.69) is 0 Å². The summed E-state index contributed by atoms with van der Waals surface area (Å²) in [7, 11) is 0. The summed E-state index contributed by atoms with van der Waals surface area (Å²) in [5.74, 6) is -7.07. The first-order valence-corrected chi connectivity index (χ1v) is 9.20. The van der Waals surface area contributed by atoms with Gasteiger partial charge in [-0.3, -0.25) is 24.0 Å². The first-order chi connectivity index (χ1) is 13.4. The Morgan fingerprint density at radius 2 is 0.929 bits per heavy atom. The topological polar surface area (TPSA) is 85.3 Å². The van der Waals surface area contributed by atoms with E-state index in [-0.39, 0.29) is 12.8 Å². The van der Waals surface area contributed by atoms with Crippen molar-refractivity contribution in [3.05, 3.63) is 71.8 Å². The minimum atomic E-state index is -1.34. The van der Waals surface area contributed by atoms with E-state index in [1.807, 2.05) is 0 Å². The highest BCUT2D eigenvalue weighted by Crippen LogP contribution is 2.24. The van der Waals surface area contributed by atoms with Crippen LogP contribution < -0.4 is 0 Å². The molecule has 0 aliphatic rings.